The van der Waals surface area contributed by atoms with Crippen LogP contribution in [0.15, 0.2) is 42.5 Å². The van der Waals surface area contributed by atoms with Gasteiger partial charge < -0.3 is 10.1 Å². The molecule has 1 heterocycles. The number of fused-ring (bicyclic) bond motifs is 1. The largest absolute Gasteiger partial charge is 0.489 e. The molecule has 0 aliphatic carbocycles. The Morgan fingerprint density at radius 2 is 2.00 bits per heavy atom. The van der Waals surface area contributed by atoms with E-state index in [9.17, 15) is 9.18 Å². The van der Waals surface area contributed by atoms with Gasteiger partial charge in [-0.1, -0.05) is 18.2 Å². The number of hydrogen-bond donors (Lipinski definition) is 1. The number of benzene rings is 2. The third kappa shape index (κ3) is 2.64. The topological polar surface area (TPSA) is 38.3 Å². The van der Waals surface area contributed by atoms with Gasteiger partial charge in [0, 0.05) is 17.7 Å². The molecule has 4 heteroatoms. The first-order valence-corrected chi connectivity index (χ1v) is 6.51. The molecule has 1 aliphatic heterocycles. The van der Waals surface area contributed by atoms with Gasteiger partial charge in [0.2, 0.25) is 5.91 Å². The van der Waals surface area contributed by atoms with Crippen LogP contribution in [-0.4, -0.2) is 5.91 Å². The summed E-state index contributed by atoms with van der Waals surface area (Å²) in [5, 5.41) is 2.82. The molecule has 0 bridgehead atoms. The second kappa shape index (κ2) is 5.33. The van der Waals surface area contributed by atoms with Gasteiger partial charge in [-0.15, -0.1) is 0 Å². The van der Waals surface area contributed by atoms with Crippen LogP contribution in [0.1, 0.15) is 17.5 Å². The maximum Gasteiger partial charge on any atom is 0.224 e. The van der Waals surface area contributed by atoms with E-state index in [0.717, 1.165) is 11.3 Å². The molecule has 20 heavy (non-hydrogen) atoms. The monoisotopic (exact) mass is 271 g/mol. The van der Waals surface area contributed by atoms with Crippen LogP contribution in [-0.2, 0) is 17.8 Å². The Labute approximate surface area is 116 Å². The Morgan fingerprint density at radius 3 is 2.85 bits per heavy atom. The van der Waals surface area contributed by atoms with E-state index in [4.69, 9.17) is 4.74 Å². The maximum atomic E-state index is 13.5. The summed E-state index contributed by atoms with van der Waals surface area (Å²) < 4.78 is 19.1. The fourth-order valence-electron chi connectivity index (χ4n) is 2.23. The van der Waals surface area contributed by atoms with Crippen LogP contribution in [0.5, 0.6) is 5.75 Å². The van der Waals surface area contributed by atoms with Crippen LogP contribution < -0.4 is 10.1 Å². The maximum absolute atomic E-state index is 13.5. The van der Waals surface area contributed by atoms with Gasteiger partial charge in [-0.2, -0.15) is 0 Å². The van der Waals surface area contributed by atoms with E-state index in [0.29, 0.717) is 24.2 Å². The Morgan fingerprint density at radius 1 is 1.15 bits per heavy atom. The van der Waals surface area contributed by atoms with Gasteiger partial charge in [0.1, 0.15) is 18.2 Å². The van der Waals surface area contributed by atoms with E-state index in [1.807, 2.05) is 12.1 Å². The van der Waals surface area contributed by atoms with Crippen LogP contribution in [0.3, 0.4) is 0 Å². The normalized spacial score (nSPS) is 13.6. The molecule has 1 amide bonds. The number of hydrogen-bond acceptors (Lipinski definition) is 2. The first-order valence-electron chi connectivity index (χ1n) is 6.51. The van der Waals surface area contributed by atoms with E-state index in [1.165, 1.54) is 6.07 Å². The first kappa shape index (κ1) is 12.7. The molecule has 3 nitrogen and oxygen atoms in total. The van der Waals surface area contributed by atoms with Crippen molar-refractivity contribution >= 4 is 11.6 Å². The minimum absolute atomic E-state index is 0.0394. The number of carbonyl (C=O) groups excluding carboxylic acids is 1. The zero-order valence-corrected chi connectivity index (χ0v) is 10.9. The summed E-state index contributed by atoms with van der Waals surface area (Å²) >= 11 is 0. The molecule has 0 radical (unpaired) electrons. The van der Waals surface area contributed by atoms with Gasteiger partial charge in [-0.25, -0.2) is 4.39 Å². The quantitative estimate of drug-likeness (QED) is 0.930. The van der Waals surface area contributed by atoms with Crippen molar-refractivity contribution in [3.05, 3.63) is 59.4 Å². The summed E-state index contributed by atoms with van der Waals surface area (Å²) in [5.41, 5.74) is 2.41. The van der Waals surface area contributed by atoms with E-state index < -0.39 is 0 Å². The Kier molecular flexibility index (Phi) is 3.37. The summed E-state index contributed by atoms with van der Waals surface area (Å²) in [6.45, 7) is 0.192. The fraction of sp³-hybridized carbons (Fsp3) is 0.188. The minimum Gasteiger partial charge on any atom is -0.489 e. The van der Waals surface area contributed by atoms with Gasteiger partial charge in [0.15, 0.2) is 0 Å². The molecule has 0 saturated carbocycles. The lowest BCUT2D eigenvalue weighted by Gasteiger charge is -2.17. The molecule has 102 valence electrons. The van der Waals surface area contributed by atoms with Gasteiger partial charge >= 0.3 is 0 Å². The van der Waals surface area contributed by atoms with Crippen LogP contribution in [0.25, 0.3) is 0 Å². The van der Waals surface area contributed by atoms with Gasteiger partial charge in [-0.3, -0.25) is 4.79 Å². The van der Waals surface area contributed by atoms with Crippen molar-refractivity contribution in [1.29, 1.82) is 0 Å². The number of halogens is 1. The van der Waals surface area contributed by atoms with Crippen LogP contribution in [0, 0.1) is 5.82 Å². The minimum atomic E-state index is -0.266. The zero-order chi connectivity index (χ0) is 13.9. The summed E-state index contributed by atoms with van der Waals surface area (Å²) in [7, 11) is 0. The van der Waals surface area contributed by atoms with Crippen molar-refractivity contribution in [1.82, 2.24) is 0 Å². The van der Waals surface area contributed by atoms with Crippen LogP contribution in [0.4, 0.5) is 10.1 Å². The predicted molar refractivity (Wildman–Crippen MR) is 74.1 cm³/mol. The van der Waals surface area contributed by atoms with Crippen molar-refractivity contribution in [2.75, 3.05) is 5.32 Å². The van der Waals surface area contributed by atoms with Crippen molar-refractivity contribution in [2.24, 2.45) is 0 Å². The molecule has 0 saturated heterocycles. The smallest absolute Gasteiger partial charge is 0.224 e. The summed E-state index contributed by atoms with van der Waals surface area (Å²) in [6.07, 6.45) is 1.20. The number of carbonyl (C=O) groups is 1. The summed E-state index contributed by atoms with van der Waals surface area (Å²) in [6, 6.07) is 12.1. The van der Waals surface area contributed by atoms with Crippen molar-refractivity contribution < 1.29 is 13.9 Å². The lowest BCUT2D eigenvalue weighted by atomic mass is 10.0. The predicted octanol–water partition coefficient (Wildman–Crippen LogP) is 3.29. The Hall–Kier alpha value is -2.36. The molecule has 1 aliphatic rings. The third-order valence-electron chi connectivity index (χ3n) is 3.32. The standard InChI is InChI=1S/C16H14FNO2/c17-14-4-2-1-3-12(14)10-20-13-6-7-15-11(9-13)5-8-16(19)18-15/h1-4,6-7,9H,5,8,10H2,(H,18,19). The Balaban J connectivity index is 1.73. The number of anilines is 1. The van der Waals surface area contributed by atoms with Crippen molar-refractivity contribution in [3.8, 4) is 5.75 Å². The fourth-order valence-corrected chi connectivity index (χ4v) is 2.23. The molecule has 2 aromatic rings. The molecule has 0 aromatic heterocycles. The molecule has 0 atom stereocenters. The first-order chi connectivity index (χ1) is 9.72. The number of amides is 1. The number of nitrogens with one attached hydrogen (secondary N) is 1. The van der Waals surface area contributed by atoms with E-state index in [2.05, 4.69) is 5.32 Å². The van der Waals surface area contributed by atoms with Gasteiger partial charge in [0.05, 0.1) is 0 Å². The highest BCUT2D eigenvalue weighted by atomic mass is 19.1. The lowest BCUT2D eigenvalue weighted by Crippen LogP contribution is -2.18. The summed E-state index contributed by atoms with van der Waals surface area (Å²) in [4.78, 5) is 11.3. The molecule has 2 aromatic carbocycles. The van der Waals surface area contributed by atoms with Crippen molar-refractivity contribution in [2.45, 2.75) is 19.4 Å². The second-order valence-corrected chi connectivity index (χ2v) is 4.75. The zero-order valence-electron chi connectivity index (χ0n) is 10.9. The highest BCUT2D eigenvalue weighted by Gasteiger charge is 2.15. The average Bonchev–Trinajstić information content (AvgIpc) is 2.46. The molecule has 1 N–H and O–H groups in total. The highest BCUT2D eigenvalue weighted by molar-refractivity contribution is 5.93. The molecule has 0 spiro atoms. The van der Waals surface area contributed by atoms with E-state index >= 15 is 0 Å². The van der Waals surface area contributed by atoms with E-state index in [-0.39, 0.29) is 18.3 Å². The SMILES string of the molecule is O=C1CCc2cc(OCc3ccccc3F)ccc2N1. The number of rotatable bonds is 3. The molecule has 3 rings (SSSR count). The number of aryl methyl sites for hydroxylation is 1. The lowest BCUT2D eigenvalue weighted by molar-refractivity contribution is -0.116. The van der Waals surface area contributed by atoms with Crippen LogP contribution >= 0.6 is 0 Å². The van der Waals surface area contributed by atoms with Crippen LogP contribution in [0.2, 0.25) is 0 Å². The molecular formula is C16H14FNO2. The van der Waals surface area contributed by atoms with E-state index in [1.54, 1.807) is 24.3 Å². The van der Waals surface area contributed by atoms with Gasteiger partial charge in [0.25, 0.3) is 0 Å². The molecule has 0 unspecified atom stereocenters. The average molecular weight is 271 g/mol. The van der Waals surface area contributed by atoms with Crippen molar-refractivity contribution in [3.63, 3.8) is 0 Å². The highest BCUT2D eigenvalue weighted by Crippen LogP contribution is 2.27. The summed E-state index contributed by atoms with van der Waals surface area (Å²) in [5.74, 6) is 0.457. The molecular weight excluding hydrogens is 257 g/mol. The Bertz CT molecular complexity index is 655. The second-order valence-electron chi connectivity index (χ2n) is 4.75. The third-order valence-corrected chi connectivity index (χ3v) is 3.32. The molecule has 0 fully saturated rings. The van der Waals surface area contributed by atoms with Gasteiger partial charge in [-0.05, 0) is 36.2 Å². The number of ether oxygens (including phenoxy) is 1.